The summed E-state index contributed by atoms with van der Waals surface area (Å²) in [5.41, 5.74) is 2.40. The van der Waals surface area contributed by atoms with Gasteiger partial charge < -0.3 is 10.6 Å². The monoisotopic (exact) mass is 371 g/mol. The van der Waals surface area contributed by atoms with Crippen LogP contribution in [0.1, 0.15) is 24.0 Å². The van der Waals surface area contributed by atoms with Crippen molar-refractivity contribution in [1.29, 1.82) is 0 Å². The van der Waals surface area contributed by atoms with Gasteiger partial charge in [-0.3, -0.25) is 4.90 Å². The molecule has 0 unspecified atom stereocenters. The first-order chi connectivity index (χ1) is 12.7. The average molecular weight is 372 g/mol. The molecule has 2 aromatic carbocycles. The molecule has 2 N–H and O–H groups in total. The highest BCUT2D eigenvalue weighted by molar-refractivity contribution is 6.31. The Hall–Kier alpha value is -2.04. The molecule has 1 aliphatic heterocycles. The van der Waals surface area contributed by atoms with Crippen molar-refractivity contribution in [1.82, 2.24) is 15.5 Å². The number of urea groups is 1. The van der Waals surface area contributed by atoms with E-state index in [1.54, 1.807) is 0 Å². The molecule has 0 radical (unpaired) electrons. The number of rotatable bonds is 6. The van der Waals surface area contributed by atoms with Crippen molar-refractivity contribution >= 4 is 17.6 Å². The third-order valence-corrected chi connectivity index (χ3v) is 5.18. The Morgan fingerprint density at radius 3 is 2.46 bits per heavy atom. The molecular formula is C21H26ClN3O. The summed E-state index contributed by atoms with van der Waals surface area (Å²) < 4.78 is 0. The quantitative estimate of drug-likeness (QED) is 0.810. The highest BCUT2D eigenvalue weighted by atomic mass is 35.5. The third-order valence-electron chi connectivity index (χ3n) is 4.81. The zero-order chi connectivity index (χ0) is 18.2. The number of carbonyl (C=O) groups is 1. The topological polar surface area (TPSA) is 44.4 Å². The lowest BCUT2D eigenvalue weighted by Crippen LogP contribution is -2.48. The second kappa shape index (κ2) is 9.60. The van der Waals surface area contributed by atoms with Crippen LogP contribution >= 0.6 is 11.6 Å². The Morgan fingerprint density at radius 1 is 1.04 bits per heavy atom. The van der Waals surface area contributed by atoms with Gasteiger partial charge in [-0.2, -0.15) is 0 Å². The normalized spacial score (nSPS) is 15.6. The summed E-state index contributed by atoms with van der Waals surface area (Å²) in [5.74, 6) is 0. The molecule has 1 saturated heterocycles. The lowest BCUT2D eigenvalue weighted by atomic mass is 10.0. The first-order valence-electron chi connectivity index (χ1n) is 9.25. The Bertz CT molecular complexity index is 699. The summed E-state index contributed by atoms with van der Waals surface area (Å²) in [6.07, 6.45) is 2.72. The molecule has 5 heteroatoms. The number of piperidine rings is 1. The van der Waals surface area contributed by atoms with E-state index in [-0.39, 0.29) is 12.1 Å². The van der Waals surface area contributed by atoms with Crippen molar-refractivity contribution in [3.8, 4) is 0 Å². The second-order valence-electron chi connectivity index (χ2n) is 6.78. The first-order valence-corrected chi connectivity index (χ1v) is 9.62. The van der Waals surface area contributed by atoms with Crippen LogP contribution in [0.15, 0.2) is 54.6 Å². The van der Waals surface area contributed by atoms with Crippen LogP contribution in [0.5, 0.6) is 0 Å². The summed E-state index contributed by atoms with van der Waals surface area (Å²) in [4.78, 5) is 14.5. The van der Waals surface area contributed by atoms with Gasteiger partial charge in [0.2, 0.25) is 0 Å². The molecule has 1 fully saturated rings. The van der Waals surface area contributed by atoms with Gasteiger partial charge in [-0.15, -0.1) is 0 Å². The molecule has 4 nitrogen and oxygen atoms in total. The number of carbonyl (C=O) groups excluding carboxylic acids is 1. The Kier molecular flexibility index (Phi) is 6.92. The van der Waals surface area contributed by atoms with E-state index in [9.17, 15) is 4.79 Å². The van der Waals surface area contributed by atoms with Crippen molar-refractivity contribution in [2.24, 2.45) is 0 Å². The predicted molar refractivity (Wildman–Crippen MR) is 106 cm³/mol. The Balaban J connectivity index is 1.34. The fourth-order valence-electron chi connectivity index (χ4n) is 3.33. The molecule has 138 valence electrons. The van der Waals surface area contributed by atoms with E-state index in [2.05, 4.69) is 39.8 Å². The standard InChI is InChI=1S/C21H26ClN3O/c22-20-9-5-4-8-18(20)10-13-23-21(26)24-19-11-14-25(15-12-19)16-17-6-2-1-3-7-17/h1-9,19H,10-16H2,(H2,23,24,26). The fourth-order valence-corrected chi connectivity index (χ4v) is 3.56. The Labute approximate surface area is 160 Å². The number of nitrogens with zero attached hydrogens (tertiary/aromatic N) is 1. The van der Waals surface area contributed by atoms with Crippen LogP contribution < -0.4 is 10.6 Å². The lowest BCUT2D eigenvalue weighted by molar-refractivity contribution is 0.186. The molecule has 0 saturated carbocycles. The van der Waals surface area contributed by atoms with E-state index in [4.69, 9.17) is 11.6 Å². The van der Waals surface area contributed by atoms with Gasteiger partial charge in [0.05, 0.1) is 0 Å². The van der Waals surface area contributed by atoms with Crippen LogP contribution in [-0.2, 0) is 13.0 Å². The van der Waals surface area contributed by atoms with Gasteiger partial charge in [0.15, 0.2) is 0 Å². The zero-order valence-electron chi connectivity index (χ0n) is 15.0. The number of amides is 2. The van der Waals surface area contributed by atoms with Crippen LogP contribution in [0.25, 0.3) is 0 Å². The van der Waals surface area contributed by atoms with Crippen molar-refractivity contribution in [2.45, 2.75) is 31.8 Å². The number of likely N-dealkylation sites (tertiary alicyclic amines) is 1. The molecule has 1 aliphatic rings. The number of hydrogen-bond donors (Lipinski definition) is 2. The highest BCUT2D eigenvalue weighted by Crippen LogP contribution is 2.15. The molecule has 0 aromatic heterocycles. The van der Waals surface area contributed by atoms with Gasteiger partial charge in [-0.1, -0.05) is 60.1 Å². The van der Waals surface area contributed by atoms with Crippen molar-refractivity contribution in [3.05, 3.63) is 70.7 Å². The smallest absolute Gasteiger partial charge is 0.315 e. The van der Waals surface area contributed by atoms with Gasteiger partial charge in [-0.05, 0) is 36.5 Å². The van der Waals surface area contributed by atoms with Crippen LogP contribution in [0.2, 0.25) is 5.02 Å². The summed E-state index contributed by atoms with van der Waals surface area (Å²) in [6, 6.07) is 18.4. The van der Waals surface area contributed by atoms with Crippen LogP contribution in [0, 0.1) is 0 Å². The summed E-state index contributed by atoms with van der Waals surface area (Å²) >= 11 is 6.13. The second-order valence-corrected chi connectivity index (χ2v) is 7.18. The fraction of sp³-hybridized carbons (Fsp3) is 0.381. The molecule has 2 amide bonds. The molecular weight excluding hydrogens is 346 g/mol. The number of hydrogen-bond acceptors (Lipinski definition) is 2. The number of benzene rings is 2. The van der Waals surface area contributed by atoms with E-state index < -0.39 is 0 Å². The van der Waals surface area contributed by atoms with Crippen molar-refractivity contribution in [2.75, 3.05) is 19.6 Å². The van der Waals surface area contributed by atoms with Crippen LogP contribution in [-0.4, -0.2) is 36.6 Å². The van der Waals surface area contributed by atoms with Gasteiger partial charge >= 0.3 is 6.03 Å². The molecule has 1 heterocycles. The van der Waals surface area contributed by atoms with Crippen molar-refractivity contribution < 1.29 is 4.79 Å². The van der Waals surface area contributed by atoms with E-state index >= 15 is 0 Å². The minimum Gasteiger partial charge on any atom is -0.338 e. The molecule has 0 aliphatic carbocycles. The molecule has 26 heavy (non-hydrogen) atoms. The van der Waals surface area contributed by atoms with Gasteiger partial charge in [-0.25, -0.2) is 4.79 Å². The number of nitrogens with one attached hydrogen (secondary N) is 2. The van der Waals surface area contributed by atoms with Crippen LogP contribution in [0.4, 0.5) is 4.79 Å². The highest BCUT2D eigenvalue weighted by Gasteiger charge is 2.20. The summed E-state index contributed by atoms with van der Waals surface area (Å²) in [5, 5.41) is 6.78. The van der Waals surface area contributed by atoms with Crippen LogP contribution in [0.3, 0.4) is 0 Å². The number of halogens is 1. The molecule has 0 spiro atoms. The van der Waals surface area contributed by atoms with Gasteiger partial charge in [0.1, 0.15) is 0 Å². The maximum Gasteiger partial charge on any atom is 0.315 e. The maximum atomic E-state index is 12.1. The first kappa shape index (κ1) is 18.7. The molecule has 3 rings (SSSR count). The summed E-state index contributed by atoms with van der Waals surface area (Å²) in [7, 11) is 0. The van der Waals surface area contributed by atoms with Crippen molar-refractivity contribution in [3.63, 3.8) is 0 Å². The zero-order valence-corrected chi connectivity index (χ0v) is 15.7. The maximum absolute atomic E-state index is 12.1. The van der Waals surface area contributed by atoms with E-state index in [1.165, 1.54) is 5.56 Å². The Morgan fingerprint density at radius 2 is 1.73 bits per heavy atom. The minimum absolute atomic E-state index is 0.0847. The van der Waals surface area contributed by atoms with Gasteiger partial charge in [0.25, 0.3) is 0 Å². The SMILES string of the molecule is O=C(NCCc1ccccc1Cl)NC1CCN(Cc2ccccc2)CC1. The predicted octanol–water partition coefficient (Wildman–Crippen LogP) is 3.85. The molecule has 2 aromatic rings. The van der Waals surface area contributed by atoms with E-state index in [0.29, 0.717) is 6.54 Å². The van der Waals surface area contributed by atoms with E-state index in [1.807, 2.05) is 30.3 Å². The largest absolute Gasteiger partial charge is 0.338 e. The lowest BCUT2D eigenvalue weighted by Gasteiger charge is -2.32. The van der Waals surface area contributed by atoms with E-state index in [0.717, 1.165) is 49.5 Å². The third kappa shape index (κ3) is 5.75. The average Bonchev–Trinajstić information content (AvgIpc) is 2.66. The minimum atomic E-state index is -0.0847. The van der Waals surface area contributed by atoms with Gasteiger partial charge in [0, 0.05) is 37.2 Å². The summed E-state index contributed by atoms with van der Waals surface area (Å²) in [6.45, 7) is 3.60. The molecule has 0 bridgehead atoms. The molecule has 0 atom stereocenters.